The van der Waals surface area contributed by atoms with Gasteiger partial charge < -0.3 is 4.74 Å². The second-order valence-corrected chi connectivity index (χ2v) is 3.27. The SMILES string of the molecule is CC(C)C1COC(C(F)(F)F)N1. The van der Waals surface area contributed by atoms with Gasteiger partial charge in [0.05, 0.1) is 6.61 Å². The fourth-order valence-corrected chi connectivity index (χ4v) is 1.06. The van der Waals surface area contributed by atoms with Crippen molar-refractivity contribution >= 4 is 0 Å². The van der Waals surface area contributed by atoms with E-state index in [4.69, 9.17) is 0 Å². The summed E-state index contributed by atoms with van der Waals surface area (Å²) in [4.78, 5) is 0. The minimum Gasteiger partial charge on any atom is -0.352 e. The van der Waals surface area contributed by atoms with Gasteiger partial charge in [0, 0.05) is 6.04 Å². The molecule has 1 rings (SSSR count). The molecule has 2 nitrogen and oxygen atoms in total. The summed E-state index contributed by atoms with van der Waals surface area (Å²) in [6, 6.07) is -0.184. The standard InChI is InChI=1S/C7H12F3NO/c1-4(2)5-3-12-6(11-5)7(8,9)10/h4-6,11H,3H2,1-2H3. The van der Waals surface area contributed by atoms with Gasteiger partial charge in [-0.15, -0.1) is 0 Å². The lowest BCUT2D eigenvalue weighted by atomic mass is 10.1. The number of alkyl halides is 3. The van der Waals surface area contributed by atoms with Crippen LogP contribution in [0.25, 0.3) is 0 Å². The van der Waals surface area contributed by atoms with E-state index in [2.05, 4.69) is 10.1 Å². The molecule has 0 spiro atoms. The molecule has 72 valence electrons. The molecule has 0 amide bonds. The Morgan fingerprint density at radius 3 is 2.25 bits per heavy atom. The molecule has 1 N–H and O–H groups in total. The van der Waals surface area contributed by atoms with Crippen molar-refractivity contribution in [1.29, 1.82) is 0 Å². The van der Waals surface area contributed by atoms with Crippen molar-refractivity contribution in [1.82, 2.24) is 5.32 Å². The van der Waals surface area contributed by atoms with Gasteiger partial charge in [0.1, 0.15) is 0 Å². The predicted molar refractivity (Wildman–Crippen MR) is 37.6 cm³/mol. The molecular formula is C7H12F3NO. The fourth-order valence-electron chi connectivity index (χ4n) is 1.06. The van der Waals surface area contributed by atoms with Crippen molar-refractivity contribution in [3.63, 3.8) is 0 Å². The van der Waals surface area contributed by atoms with Crippen molar-refractivity contribution in [2.24, 2.45) is 5.92 Å². The maximum atomic E-state index is 12.0. The molecule has 0 aromatic carbocycles. The lowest BCUT2D eigenvalue weighted by molar-refractivity contribution is -0.212. The van der Waals surface area contributed by atoms with Gasteiger partial charge in [-0.1, -0.05) is 13.8 Å². The Labute approximate surface area is 69.1 Å². The van der Waals surface area contributed by atoms with E-state index >= 15 is 0 Å². The molecule has 12 heavy (non-hydrogen) atoms. The quantitative estimate of drug-likeness (QED) is 0.665. The van der Waals surface area contributed by atoms with E-state index in [-0.39, 0.29) is 18.6 Å². The first-order valence-corrected chi connectivity index (χ1v) is 3.85. The highest BCUT2D eigenvalue weighted by atomic mass is 19.4. The Morgan fingerprint density at radius 1 is 1.42 bits per heavy atom. The van der Waals surface area contributed by atoms with Crippen molar-refractivity contribution in [3.05, 3.63) is 0 Å². The average Bonchev–Trinajstić information content (AvgIpc) is 2.30. The monoisotopic (exact) mass is 183 g/mol. The predicted octanol–water partition coefficient (Wildman–Crippen LogP) is 1.52. The van der Waals surface area contributed by atoms with Gasteiger partial charge in [-0.25, -0.2) is 0 Å². The van der Waals surface area contributed by atoms with Crippen LogP contribution in [0.4, 0.5) is 13.2 Å². The van der Waals surface area contributed by atoms with E-state index in [9.17, 15) is 13.2 Å². The molecule has 0 aliphatic carbocycles. The first kappa shape index (κ1) is 9.80. The number of nitrogens with one attached hydrogen (secondary N) is 1. The van der Waals surface area contributed by atoms with Crippen LogP contribution in [0.5, 0.6) is 0 Å². The van der Waals surface area contributed by atoms with Crippen molar-refractivity contribution in [3.8, 4) is 0 Å². The van der Waals surface area contributed by atoms with Crippen molar-refractivity contribution < 1.29 is 17.9 Å². The Bertz CT molecular complexity index is 157. The van der Waals surface area contributed by atoms with E-state index in [1.165, 1.54) is 0 Å². The lowest BCUT2D eigenvalue weighted by Crippen LogP contribution is -2.42. The highest BCUT2D eigenvalue weighted by Crippen LogP contribution is 2.25. The maximum absolute atomic E-state index is 12.0. The smallest absolute Gasteiger partial charge is 0.352 e. The highest BCUT2D eigenvalue weighted by Gasteiger charge is 2.45. The summed E-state index contributed by atoms with van der Waals surface area (Å²) in [5, 5.41) is 2.38. The molecule has 5 heteroatoms. The van der Waals surface area contributed by atoms with E-state index < -0.39 is 12.4 Å². The van der Waals surface area contributed by atoms with Crippen LogP contribution in [0.3, 0.4) is 0 Å². The zero-order valence-corrected chi connectivity index (χ0v) is 6.98. The van der Waals surface area contributed by atoms with Gasteiger partial charge in [0.25, 0.3) is 0 Å². The average molecular weight is 183 g/mol. The summed E-state index contributed by atoms with van der Waals surface area (Å²) in [7, 11) is 0. The molecular weight excluding hydrogens is 171 g/mol. The molecule has 1 aliphatic rings. The van der Waals surface area contributed by atoms with Gasteiger partial charge in [-0.3, -0.25) is 5.32 Å². The van der Waals surface area contributed by atoms with Crippen LogP contribution >= 0.6 is 0 Å². The van der Waals surface area contributed by atoms with Gasteiger partial charge in [-0.05, 0) is 5.92 Å². The third-order valence-electron chi connectivity index (χ3n) is 1.91. The van der Waals surface area contributed by atoms with Crippen LogP contribution in [0.15, 0.2) is 0 Å². The van der Waals surface area contributed by atoms with Crippen LogP contribution in [0.1, 0.15) is 13.8 Å². The van der Waals surface area contributed by atoms with E-state index in [0.29, 0.717) is 0 Å². The molecule has 2 unspecified atom stereocenters. The van der Waals surface area contributed by atoms with E-state index in [1.54, 1.807) is 0 Å². The largest absolute Gasteiger partial charge is 0.428 e. The minimum absolute atomic E-state index is 0.141. The Kier molecular flexibility index (Phi) is 2.63. The molecule has 1 fully saturated rings. The first-order chi connectivity index (χ1) is 5.41. The molecule has 1 saturated heterocycles. The molecule has 1 heterocycles. The summed E-state index contributed by atoms with van der Waals surface area (Å²) < 4.78 is 40.6. The summed E-state index contributed by atoms with van der Waals surface area (Å²) in [5.74, 6) is 0.164. The van der Waals surface area contributed by atoms with E-state index in [1.807, 2.05) is 13.8 Å². The van der Waals surface area contributed by atoms with Crippen molar-refractivity contribution in [2.75, 3.05) is 6.61 Å². The maximum Gasteiger partial charge on any atom is 0.428 e. The third-order valence-corrected chi connectivity index (χ3v) is 1.91. The van der Waals surface area contributed by atoms with Crippen molar-refractivity contribution in [2.45, 2.75) is 32.3 Å². The normalized spacial score (nSPS) is 31.5. The zero-order valence-electron chi connectivity index (χ0n) is 6.98. The van der Waals surface area contributed by atoms with Crippen LogP contribution < -0.4 is 5.32 Å². The van der Waals surface area contributed by atoms with Gasteiger partial charge in [0.2, 0.25) is 6.23 Å². The van der Waals surface area contributed by atoms with Crippen LogP contribution in [-0.4, -0.2) is 25.1 Å². The Hall–Kier alpha value is -0.290. The van der Waals surface area contributed by atoms with Gasteiger partial charge in [0.15, 0.2) is 0 Å². The van der Waals surface area contributed by atoms with Gasteiger partial charge >= 0.3 is 6.18 Å². The number of hydrogen-bond donors (Lipinski definition) is 1. The Balaban J connectivity index is 2.46. The van der Waals surface area contributed by atoms with E-state index in [0.717, 1.165) is 0 Å². The zero-order chi connectivity index (χ0) is 9.35. The molecule has 0 aromatic rings. The number of ether oxygens (including phenoxy) is 1. The highest BCUT2D eigenvalue weighted by molar-refractivity contribution is 4.81. The summed E-state index contributed by atoms with van der Waals surface area (Å²) in [5.41, 5.74) is 0. The van der Waals surface area contributed by atoms with Gasteiger partial charge in [-0.2, -0.15) is 13.2 Å². The summed E-state index contributed by atoms with van der Waals surface area (Å²) in [6.07, 6.45) is -6.06. The number of hydrogen-bond acceptors (Lipinski definition) is 2. The topological polar surface area (TPSA) is 21.3 Å². The molecule has 0 aromatic heterocycles. The summed E-state index contributed by atoms with van der Waals surface area (Å²) >= 11 is 0. The minimum atomic E-state index is -4.29. The fraction of sp³-hybridized carbons (Fsp3) is 1.00. The number of halogens is 3. The second-order valence-electron chi connectivity index (χ2n) is 3.27. The third kappa shape index (κ3) is 2.10. The summed E-state index contributed by atoms with van der Waals surface area (Å²) in [6.45, 7) is 3.86. The Morgan fingerprint density at radius 2 is 2.00 bits per heavy atom. The second kappa shape index (κ2) is 3.22. The van der Waals surface area contributed by atoms with Crippen LogP contribution in [0, 0.1) is 5.92 Å². The number of rotatable bonds is 1. The molecule has 2 atom stereocenters. The molecule has 0 saturated carbocycles. The molecule has 0 bridgehead atoms. The van der Waals surface area contributed by atoms with Crippen LogP contribution in [-0.2, 0) is 4.74 Å². The molecule has 1 aliphatic heterocycles. The first-order valence-electron chi connectivity index (χ1n) is 3.85. The van der Waals surface area contributed by atoms with Crippen LogP contribution in [0.2, 0.25) is 0 Å². The molecule has 0 radical (unpaired) electrons. The lowest BCUT2D eigenvalue weighted by Gasteiger charge is -2.16.